The van der Waals surface area contributed by atoms with E-state index in [1.165, 1.54) is 5.56 Å². The van der Waals surface area contributed by atoms with Gasteiger partial charge in [-0.05, 0) is 18.1 Å². The molecule has 0 saturated heterocycles. The summed E-state index contributed by atoms with van der Waals surface area (Å²) >= 11 is 6.13. The summed E-state index contributed by atoms with van der Waals surface area (Å²) in [5.41, 5.74) is 3.91. The van der Waals surface area contributed by atoms with Crippen molar-refractivity contribution in [2.75, 3.05) is 0 Å². The highest BCUT2D eigenvalue weighted by Crippen LogP contribution is 2.22. The fraction of sp³-hybridized carbons (Fsp3) is 0.143. The molecule has 90 valence electrons. The van der Waals surface area contributed by atoms with E-state index >= 15 is 0 Å². The third-order valence-electron chi connectivity index (χ3n) is 2.96. The molecule has 3 rings (SSSR count). The molecule has 1 aromatic carbocycles. The zero-order chi connectivity index (χ0) is 12.5. The van der Waals surface area contributed by atoms with E-state index in [2.05, 4.69) is 29.0 Å². The lowest BCUT2D eigenvalue weighted by Gasteiger charge is -2.05. The van der Waals surface area contributed by atoms with E-state index in [9.17, 15) is 0 Å². The van der Waals surface area contributed by atoms with Crippen molar-refractivity contribution in [3.05, 3.63) is 53.6 Å². The average molecular weight is 258 g/mol. The van der Waals surface area contributed by atoms with Crippen molar-refractivity contribution in [3.63, 3.8) is 0 Å². The van der Waals surface area contributed by atoms with Gasteiger partial charge in [-0.3, -0.25) is 0 Å². The minimum Gasteiger partial charge on any atom is -0.302 e. The third-order valence-corrected chi connectivity index (χ3v) is 3.22. The van der Waals surface area contributed by atoms with Crippen LogP contribution in [0.3, 0.4) is 0 Å². The van der Waals surface area contributed by atoms with Crippen LogP contribution in [0.25, 0.3) is 16.9 Å². The van der Waals surface area contributed by atoms with E-state index in [0.29, 0.717) is 10.8 Å². The van der Waals surface area contributed by atoms with Crippen LogP contribution in [-0.4, -0.2) is 14.4 Å². The van der Waals surface area contributed by atoms with Crippen molar-refractivity contribution < 1.29 is 0 Å². The van der Waals surface area contributed by atoms with Gasteiger partial charge in [-0.15, -0.1) is 0 Å². The van der Waals surface area contributed by atoms with Gasteiger partial charge in [0.05, 0.1) is 5.69 Å². The van der Waals surface area contributed by atoms with Gasteiger partial charge in [-0.1, -0.05) is 36.7 Å². The molecule has 0 unspecified atom stereocenters. The Labute approximate surface area is 110 Å². The molecule has 0 spiro atoms. The second-order valence-electron chi connectivity index (χ2n) is 4.13. The van der Waals surface area contributed by atoms with E-state index in [0.717, 1.165) is 17.7 Å². The van der Waals surface area contributed by atoms with Crippen LogP contribution in [0.2, 0.25) is 5.15 Å². The van der Waals surface area contributed by atoms with E-state index in [1.54, 1.807) is 6.20 Å². The van der Waals surface area contributed by atoms with Crippen LogP contribution >= 0.6 is 11.6 Å². The molecule has 18 heavy (non-hydrogen) atoms. The number of rotatable bonds is 2. The van der Waals surface area contributed by atoms with Crippen molar-refractivity contribution in [3.8, 4) is 11.3 Å². The Morgan fingerprint density at radius 3 is 3.06 bits per heavy atom. The maximum Gasteiger partial charge on any atom is 0.174 e. The summed E-state index contributed by atoms with van der Waals surface area (Å²) in [5.74, 6) is 0. The van der Waals surface area contributed by atoms with Crippen LogP contribution in [0.5, 0.6) is 0 Å². The molecule has 3 nitrogen and oxygen atoms in total. The lowest BCUT2D eigenvalue weighted by Crippen LogP contribution is -1.93. The SMILES string of the molecule is CCc1cccc(-c2cn3ccnc3c(Cl)n2)c1. The highest BCUT2D eigenvalue weighted by atomic mass is 35.5. The van der Waals surface area contributed by atoms with Crippen molar-refractivity contribution in [1.29, 1.82) is 0 Å². The van der Waals surface area contributed by atoms with E-state index in [4.69, 9.17) is 11.6 Å². The molecule has 0 radical (unpaired) electrons. The van der Waals surface area contributed by atoms with Crippen LogP contribution in [0.15, 0.2) is 42.9 Å². The van der Waals surface area contributed by atoms with Gasteiger partial charge in [0.15, 0.2) is 10.8 Å². The summed E-state index contributed by atoms with van der Waals surface area (Å²) in [6.07, 6.45) is 6.54. The first kappa shape index (κ1) is 11.2. The molecule has 2 heterocycles. The Balaban J connectivity index is 2.18. The van der Waals surface area contributed by atoms with Crippen LogP contribution < -0.4 is 0 Å². The van der Waals surface area contributed by atoms with Gasteiger partial charge in [0, 0.05) is 24.2 Å². The average Bonchev–Trinajstić information content (AvgIpc) is 2.87. The number of aromatic nitrogens is 3. The van der Waals surface area contributed by atoms with Crippen LogP contribution in [0.1, 0.15) is 12.5 Å². The van der Waals surface area contributed by atoms with Gasteiger partial charge in [-0.25, -0.2) is 9.97 Å². The predicted molar refractivity (Wildman–Crippen MR) is 72.8 cm³/mol. The maximum atomic E-state index is 6.13. The van der Waals surface area contributed by atoms with Gasteiger partial charge in [0.25, 0.3) is 0 Å². The van der Waals surface area contributed by atoms with Crippen molar-refractivity contribution >= 4 is 17.2 Å². The molecule has 0 amide bonds. The number of hydrogen-bond donors (Lipinski definition) is 0. The number of fused-ring (bicyclic) bond motifs is 1. The maximum absolute atomic E-state index is 6.13. The fourth-order valence-corrected chi connectivity index (χ4v) is 2.22. The number of aryl methyl sites for hydroxylation is 1. The van der Waals surface area contributed by atoms with Crippen LogP contribution in [-0.2, 0) is 6.42 Å². The molecule has 3 aromatic rings. The molecular formula is C14H12ClN3. The number of halogens is 1. The number of hydrogen-bond acceptors (Lipinski definition) is 2. The van der Waals surface area contributed by atoms with Gasteiger partial charge < -0.3 is 4.40 Å². The van der Waals surface area contributed by atoms with Gasteiger partial charge >= 0.3 is 0 Å². The minimum absolute atomic E-state index is 0.430. The summed E-state index contributed by atoms with van der Waals surface area (Å²) in [6.45, 7) is 2.14. The molecule has 0 saturated carbocycles. The zero-order valence-electron chi connectivity index (χ0n) is 9.97. The number of benzene rings is 1. The highest BCUT2D eigenvalue weighted by molar-refractivity contribution is 6.32. The van der Waals surface area contributed by atoms with Gasteiger partial charge in [0.2, 0.25) is 0 Å². The first-order valence-electron chi connectivity index (χ1n) is 5.86. The normalized spacial score (nSPS) is 11.0. The second-order valence-corrected chi connectivity index (χ2v) is 4.49. The quantitative estimate of drug-likeness (QED) is 0.702. The summed E-state index contributed by atoms with van der Waals surface area (Å²) < 4.78 is 1.89. The highest BCUT2D eigenvalue weighted by Gasteiger charge is 2.07. The standard InChI is InChI=1S/C14H12ClN3/c1-2-10-4-3-5-11(8-10)12-9-18-7-6-16-14(18)13(15)17-12/h3-9H,2H2,1H3. The summed E-state index contributed by atoms with van der Waals surface area (Å²) in [6, 6.07) is 8.34. The molecular weight excluding hydrogens is 246 g/mol. The molecule has 0 fully saturated rings. The van der Waals surface area contributed by atoms with Crippen LogP contribution in [0.4, 0.5) is 0 Å². The Bertz CT molecular complexity index is 703. The molecule has 0 aliphatic rings. The summed E-state index contributed by atoms with van der Waals surface area (Å²) in [5, 5.41) is 0.430. The smallest absolute Gasteiger partial charge is 0.174 e. The topological polar surface area (TPSA) is 30.2 Å². The Kier molecular flexibility index (Phi) is 2.76. The first-order valence-corrected chi connectivity index (χ1v) is 6.24. The number of imidazole rings is 1. The van der Waals surface area contributed by atoms with Crippen molar-refractivity contribution in [2.45, 2.75) is 13.3 Å². The molecule has 2 aromatic heterocycles. The lowest BCUT2D eigenvalue weighted by molar-refractivity contribution is 1.12. The number of nitrogens with zero attached hydrogens (tertiary/aromatic N) is 3. The first-order chi connectivity index (χ1) is 8.78. The Hall–Kier alpha value is -1.87. The molecule has 0 atom stereocenters. The van der Waals surface area contributed by atoms with E-state index in [1.807, 2.05) is 28.9 Å². The molecule has 4 heteroatoms. The fourth-order valence-electron chi connectivity index (χ4n) is 1.98. The van der Waals surface area contributed by atoms with Crippen molar-refractivity contribution in [1.82, 2.24) is 14.4 Å². The Morgan fingerprint density at radius 1 is 1.33 bits per heavy atom. The minimum atomic E-state index is 0.430. The van der Waals surface area contributed by atoms with Crippen molar-refractivity contribution in [2.24, 2.45) is 0 Å². The van der Waals surface area contributed by atoms with Crippen LogP contribution in [0, 0.1) is 0 Å². The second kappa shape index (κ2) is 4.42. The monoisotopic (exact) mass is 257 g/mol. The zero-order valence-corrected chi connectivity index (χ0v) is 10.7. The lowest BCUT2D eigenvalue weighted by atomic mass is 10.1. The molecule has 0 bridgehead atoms. The van der Waals surface area contributed by atoms with Gasteiger partial charge in [0.1, 0.15) is 0 Å². The molecule has 0 aliphatic heterocycles. The van der Waals surface area contributed by atoms with Gasteiger partial charge in [-0.2, -0.15) is 0 Å². The molecule has 0 N–H and O–H groups in total. The summed E-state index contributed by atoms with van der Waals surface area (Å²) in [7, 11) is 0. The predicted octanol–water partition coefficient (Wildman–Crippen LogP) is 3.61. The summed E-state index contributed by atoms with van der Waals surface area (Å²) in [4.78, 5) is 8.56. The third kappa shape index (κ3) is 1.87. The molecule has 0 aliphatic carbocycles. The Morgan fingerprint density at radius 2 is 2.22 bits per heavy atom. The van der Waals surface area contributed by atoms with E-state index in [-0.39, 0.29) is 0 Å². The largest absolute Gasteiger partial charge is 0.302 e. The van der Waals surface area contributed by atoms with E-state index < -0.39 is 0 Å².